The van der Waals surface area contributed by atoms with Crippen LogP contribution >= 0.6 is 0 Å². The molecule has 0 fully saturated rings. The van der Waals surface area contributed by atoms with Crippen LogP contribution in [0.25, 0.3) is 0 Å². The van der Waals surface area contributed by atoms with Crippen molar-refractivity contribution in [3.8, 4) is 0 Å². The van der Waals surface area contributed by atoms with Crippen molar-refractivity contribution < 1.29 is 23.5 Å². The van der Waals surface area contributed by atoms with Gasteiger partial charge >= 0.3 is 5.97 Å². The number of rotatable bonds is 5. The molecule has 0 aliphatic heterocycles. The Hall–Kier alpha value is -2.11. The van der Waals surface area contributed by atoms with Crippen LogP contribution in [0.4, 0.5) is 5.88 Å². The third-order valence-corrected chi connectivity index (χ3v) is 2.01. The van der Waals surface area contributed by atoms with Gasteiger partial charge in [-0.25, -0.2) is 4.79 Å². The van der Waals surface area contributed by atoms with E-state index in [1.54, 1.807) is 6.92 Å². The van der Waals surface area contributed by atoms with Gasteiger partial charge in [0.05, 0.1) is 13.5 Å². The first kappa shape index (κ1) is 13.0. The number of esters is 1. The van der Waals surface area contributed by atoms with E-state index in [2.05, 4.69) is 10.1 Å². The number of furan rings is 1. The van der Waals surface area contributed by atoms with Crippen molar-refractivity contribution in [1.82, 2.24) is 0 Å². The summed E-state index contributed by atoms with van der Waals surface area (Å²) in [6.07, 6.45) is 0.101. The van der Waals surface area contributed by atoms with Gasteiger partial charge in [-0.05, 0) is 6.07 Å². The van der Waals surface area contributed by atoms with Crippen molar-refractivity contribution in [2.45, 2.75) is 19.8 Å². The van der Waals surface area contributed by atoms with Crippen LogP contribution in [0, 0.1) is 0 Å². The van der Waals surface area contributed by atoms with Crippen molar-refractivity contribution in [1.29, 1.82) is 0 Å². The quantitative estimate of drug-likeness (QED) is 0.619. The molecule has 1 heterocycles. The molecule has 1 aromatic heterocycles. The SMILES string of the molecule is CCC(=O)CC(=O)Nc1ccc(C(=O)OC)o1. The Kier molecular flexibility index (Phi) is 4.45. The maximum absolute atomic E-state index is 11.3. The highest BCUT2D eigenvalue weighted by Gasteiger charge is 2.13. The molecule has 1 aromatic rings. The molecule has 1 amide bonds. The number of carbonyl (C=O) groups excluding carboxylic acids is 3. The van der Waals surface area contributed by atoms with E-state index in [1.165, 1.54) is 19.2 Å². The zero-order valence-corrected chi connectivity index (χ0v) is 9.61. The van der Waals surface area contributed by atoms with Gasteiger partial charge in [-0.15, -0.1) is 0 Å². The highest BCUT2D eigenvalue weighted by atomic mass is 16.5. The van der Waals surface area contributed by atoms with E-state index in [0.29, 0.717) is 6.42 Å². The third kappa shape index (κ3) is 3.75. The number of hydrogen-bond donors (Lipinski definition) is 1. The monoisotopic (exact) mass is 239 g/mol. The maximum Gasteiger partial charge on any atom is 0.374 e. The van der Waals surface area contributed by atoms with Crippen LogP contribution in [0.1, 0.15) is 30.3 Å². The Morgan fingerprint density at radius 1 is 1.35 bits per heavy atom. The molecule has 1 rings (SSSR count). The number of methoxy groups -OCH3 is 1. The molecule has 92 valence electrons. The summed E-state index contributed by atoms with van der Waals surface area (Å²) in [5, 5.41) is 2.37. The van der Waals surface area contributed by atoms with Crippen LogP contribution in [0.3, 0.4) is 0 Å². The molecular weight excluding hydrogens is 226 g/mol. The molecule has 17 heavy (non-hydrogen) atoms. The smallest absolute Gasteiger partial charge is 0.374 e. The molecule has 0 bridgehead atoms. The average molecular weight is 239 g/mol. The standard InChI is InChI=1S/C11H13NO5/c1-3-7(13)6-9(14)12-10-5-4-8(17-10)11(15)16-2/h4-5H,3,6H2,1-2H3,(H,12,14). The van der Waals surface area contributed by atoms with E-state index in [1.807, 2.05) is 0 Å². The van der Waals surface area contributed by atoms with Gasteiger partial charge in [-0.1, -0.05) is 6.92 Å². The molecule has 0 aliphatic rings. The summed E-state index contributed by atoms with van der Waals surface area (Å²) in [5.74, 6) is -1.16. The topological polar surface area (TPSA) is 85.6 Å². The predicted molar refractivity (Wildman–Crippen MR) is 58.6 cm³/mol. The second kappa shape index (κ2) is 5.83. The Labute approximate surface area is 97.9 Å². The summed E-state index contributed by atoms with van der Waals surface area (Å²) in [4.78, 5) is 33.4. The number of hydrogen-bond acceptors (Lipinski definition) is 5. The molecule has 6 heteroatoms. The van der Waals surface area contributed by atoms with Crippen LogP contribution < -0.4 is 5.32 Å². The van der Waals surface area contributed by atoms with Crippen molar-refractivity contribution >= 4 is 23.5 Å². The van der Waals surface area contributed by atoms with Crippen LogP contribution in [-0.2, 0) is 14.3 Å². The highest BCUT2D eigenvalue weighted by molar-refractivity contribution is 6.03. The minimum absolute atomic E-state index is 0.00961. The van der Waals surface area contributed by atoms with Crippen LogP contribution in [0.15, 0.2) is 16.5 Å². The minimum atomic E-state index is -0.630. The molecule has 0 saturated heterocycles. The Bertz CT molecular complexity index is 435. The highest BCUT2D eigenvalue weighted by Crippen LogP contribution is 2.14. The van der Waals surface area contributed by atoms with Crippen molar-refractivity contribution in [2.75, 3.05) is 12.4 Å². The molecular formula is C11H13NO5. The summed E-state index contributed by atoms with van der Waals surface area (Å²) in [6, 6.07) is 2.80. The lowest BCUT2D eigenvalue weighted by molar-refractivity contribution is -0.125. The van der Waals surface area contributed by atoms with Gasteiger partial charge in [0.2, 0.25) is 17.6 Å². The second-order valence-corrected chi connectivity index (χ2v) is 3.27. The number of anilines is 1. The normalized spacial score (nSPS) is 9.76. The lowest BCUT2D eigenvalue weighted by atomic mass is 10.2. The fourth-order valence-corrected chi connectivity index (χ4v) is 1.10. The molecule has 0 unspecified atom stereocenters. The third-order valence-electron chi connectivity index (χ3n) is 2.01. The minimum Gasteiger partial charge on any atom is -0.463 e. The molecule has 0 aliphatic carbocycles. The average Bonchev–Trinajstić information content (AvgIpc) is 2.76. The lowest BCUT2D eigenvalue weighted by Crippen LogP contribution is -2.15. The first-order valence-electron chi connectivity index (χ1n) is 5.06. The van der Waals surface area contributed by atoms with Gasteiger partial charge in [0, 0.05) is 12.5 Å². The summed E-state index contributed by atoms with van der Waals surface area (Å²) in [7, 11) is 1.23. The van der Waals surface area contributed by atoms with Gasteiger partial charge in [0.1, 0.15) is 5.78 Å². The van der Waals surface area contributed by atoms with Gasteiger partial charge in [0.25, 0.3) is 0 Å². The summed E-state index contributed by atoms with van der Waals surface area (Å²) in [5.41, 5.74) is 0. The van der Waals surface area contributed by atoms with E-state index in [-0.39, 0.29) is 23.8 Å². The Morgan fingerprint density at radius 2 is 2.06 bits per heavy atom. The van der Waals surface area contributed by atoms with Crippen LogP contribution in [-0.4, -0.2) is 24.8 Å². The van der Waals surface area contributed by atoms with Gasteiger partial charge in [-0.3, -0.25) is 14.9 Å². The molecule has 0 aromatic carbocycles. The summed E-state index contributed by atoms with van der Waals surface area (Å²) in [6.45, 7) is 1.68. The number of amides is 1. The lowest BCUT2D eigenvalue weighted by Gasteiger charge is -2.00. The number of carbonyl (C=O) groups is 3. The van der Waals surface area contributed by atoms with Gasteiger partial charge in [-0.2, -0.15) is 0 Å². The fourth-order valence-electron chi connectivity index (χ4n) is 1.10. The van der Waals surface area contributed by atoms with E-state index < -0.39 is 11.9 Å². The maximum atomic E-state index is 11.3. The van der Waals surface area contributed by atoms with Crippen LogP contribution in [0.5, 0.6) is 0 Å². The molecule has 1 N–H and O–H groups in total. The van der Waals surface area contributed by atoms with Crippen LogP contribution in [0.2, 0.25) is 0 Å². The van der Waals surface area contributed by atoms with E-state index in [9.17, 15) is 14.4 Å². The number of nitrogens with one attached hydrogen (secondary N) is 1. The van der Waals surface area contributed by atoms with E-state index in [4.69, 9.17) is 4.42 Å². The second-order valence-electron chi connectivity index (χ2n) is 3.27. The summed E-state index contributed by atoms with van der Waals surface area (Å²) < 4.78 is 9.44. The van der Waals surface area contributed by atoms with Crippen molar-refractivity contribution in [3.05, 3.63) is 17.9 Å². The zero-order valence-electron chi connectivity index (χ0n) is 9.61. The van der Waals surface area contributed by atoms with Gasteiger partial charge in [0.15, 0.2) is 0 Å². The fraction of sp³-hybridized carbons (Fsp3) is 0.364. The predicted octanol–water partition coefficient (Wildman–Crippen LogP) is 1.37. The molecule has 0 radical (unpaired) electrons. The van der Waals surface area contributed by atoms with E-state index in [0.717, 1.165) is 0 Å². The summed E-state index contributed by atoms with van der Waals surface area (Å²) >= 11 is 0. The molecule has 6 nitrogen and oxygen atoms in total. The number of ketones is 1. The Morgan fingerprint density at radius 3 is 2.65 bits per heavy atom. The van der Waals surface area contributed by atoms with E-state index >= 15 is 0 Å². The first-order chi connectivity index (χ1) is 8.06. The zero-order chi connectivity index (χ0) is 12.8. The first-order valence-corrected chi connectivity index (χ1v) is 5.06. The molecule has 0 saturated carbocycles. The number of ether oxygens (including phenoxy) is 1. The van der Waals surface area contributed by atoms with Gasteiger partial charge < -0.3 is 9.15 Å². The largest absolute Gasteiger partial charge is 0.463 e. The Balaban J connectivity index is 2.57. The number of Topliss-reactive ketones (excluding diaryl/α,β-unsaturated/α-hetero) is 1. The molecule has 0 spiro atoms. The molecule has 0 atom stereocenters. The van der Waals surface area contributed by atoms with Crippen molar-refractivity contribution in [3.63, 3.8) is 0 Å². The van der Waals surface area contributed by atoms with Crippen molar-refractivity contribution in [2.24, 2.45) is 0 Å².